The van der Waals surface area contributed by atoms with Gasteiger partial charge in [0.1, 0.15) is 0 Å². The Bertz CT molecular complexity index is 763. The Kier molecular flexibility index (Phi) is 3.70. The lowest BCUT2D eigenvalue weighted by Crippen LogP contribution is -2.00. The van der Waals surface area contributed by atoms with E-state index >= 15 is 0 Å². The maximum atomic E-state index is 5.26. The van der Waals surface area contributed by atoms with E-state index in [0.717, 1.165) is 28.5 Å². The maximum Gasteiger partial charge on any atom is 0.260 e. The molecule has 2 aromatic heterocycles. The molecule has 0 spiro atoms. The van der Waals surface area contributed by atoms with Crippen LogP contribution in [0, 0.1) is 20.8 Å². The smallest absolute Gasteiger partial charge is 0.260 e. The lowest BCUT2D eigenvalue weighted by atomic mass is 10.1. The average molecular weight is 300 g/mol. The van der Waals surface area contributed by atoms with Crippen molar-refractivity contribution in [3.05, 3.63) is 45.7 Å². The first-order valence-electron chi connectivity index (χ1n) is 6.70. The molecule has 1 aromatic carbocycles. The zero-order valence-corrected chi connectivity index (χ0v) is 13.0. The van der Waals surface area contributed by atoms with Gasteiger partial charge in [-0.15, -0.1) is 11.3 Å². The summed E-state index contributed by atoms with van der Waals surface area (Å²) in [5.74, 6) is 1.17. The number of benzene rings is 1. The van der Waals surface area contributed by atoms with Gasteiger partial charge in [0, 0.05) is 10.6 Å². The van der Waals surface area contributed by atoms with Crippen LogP contribution in [0.5, 0.6) is 0 Å². The summed E-state index contributed by atoms with van der Waals surface area (Å²) in [7, 11) is 0. The van der Waals surface area contributed by atoms with Crippen molar-refractivity contribution in [2.45, 2.75) is 27.3 Å². The number of para-hydroxylation sites is 1. The van der Waals surface area contributed by atoms with Gasteiger partial charge in [-0.25, -0.2) is 4.98 Å². The summed E-state index contributed by atoms with van der Waals surface area (Å²) in [6, 6.07) is 7.93. The number of nitrogens with zero attached hydrogens (tertiary/aromatic N) is 3. The standard InChI is InChI=1S/C15H16N4OS/c1-9-14(21-11(3)17-9)8-16-13-7-5-4-6-12(13)15-18-10(2)19-20-15/h4-7,16H,8H2,1-3H3. The number of hydrogen-bond donors (Lipinski definition) is 1. The second-order valence-corrected chi connectivity index (χ2v) is 6.08. The number of aryl methyl sites for hydroxylation is 3. The van der Waals surface area contributed by atoms with Crippen LogP contribution in [0.15, 0.2) is 28.8 Å². The Morgan fingerprint density at radius 3 is 2.62 bits per heavy atom. The van der Waals surface area contributed by atoms with Crippen LogP contribution in [0.4, 0.5) is 5.69 Å². The number of hydrogen-bond acceptors (Lipinski definition) is 6. The fraction of sp³-hybridized carbons (Fsp3) is 0.267. The van der Waals surface area contributed by atoms with E-state index in [9.17, 15) is 0 Å². The maximum absolute atomic E-state index is 5.26. The van der Waals surface area contributed by atoms with Crippen LogP contribution < -0.4 is 5.32 Å². The van der Waals surface area contributed by atoms with E-state index in [4.69, 9.17) is 4.52 Å². The minimum Gasteiger partial charge on any atom is -0.379 e. The van der Waals surface area contributed by atoms with Gasteiger partial charge in [-0.3, -0.25) is 0 Å². The fourth-order valence-corrected chi connectivity index (χ4v) is 3.02. The molecule has 0 atom stereocenters. The zero-order chi connectivity index (χ0) is 14.8. The minimum absolute atomic E-state index is 0.535. The fourth-order valence-electron chi connectivity index (χ4n) is 2.14. The Balaban J connectivity index is 1.84. The van der Waals surface area contributed by atoms with E-state index in [-0.39, 0.29) is 0 Å². The van der Waals surface area contributed by atoms with Crippen molar-refractivity contribution in [2.75, 3.05) is 5.32 Å². The van der Waals surface area contributed by atoms with Crippen LogP contribution in [0.25, 0.3) is 11.5 Å². The molecule has 0 fully saturated rings. The molecule has 0 aliphatic rings. The summed E-state index contributed by atoms with van der Waals surface area (Å²) >= 11 is 1.71. The molecule has 108 valence electrons. The van der Waals surface area contributed by atoms with Gasteiger partial charge in [0.2, 0.25) is 0 Å². The lowest BCUT2D eigenvalue weighted by molar-refractivity contribution is 0.426. The van der Waals surface area contributed by atoms with Crippen molar-refractivity contribution >= 4 is 17.0 Å². The van der Waals surface area contributed by atoms with Crippen molar-refractivity contribution in [3.8, 4) is 11.5 Å². The van der Waals surface area contributed by atoms with Crippen LogP contribution >= 0.6 is 11.3 Å². The first-order chi connectivity index (χ1) is 10.1. The van der Waals surface area contributed by atoms with Gasteiger partial charge in [0.15, 0.2) is 5.82 Å². The molecule has 0 radical (unpaired) electrons. The Hall–Kier alpha value is -2.21. The van der Waals surface area contributed by atoms with Gasteiger partial charge in [0.25, 0.3) is 5.89 Å². The average Bonchev–Trinajstić information content (AvgIpc) is 3.02. The summed E-state index contributed by atoms with van der Waals surface area (Å²) in [5, 5.41) is 8.37. The molecule has 0 bridgehead atoms. The number of aromatic nitrogens is 3. The largest absolute Gasteiger partial charge is 0.379 e. The lowest BCUT2D eigenvalue weighted by Gasteiger charge is -2.08. The van der Waals surface area contributed by atoms with Crippen LogP contribution in [0.2, 0.25) is 0 Å². The first kappa shape index (κ1) is 13.8. The van der Waals surface area contributed by atoms with Gasteiger partial charge in [0.05, 0.1) is 22.8 Å². The van der Waals surface area contributed by atoms with E-state index in [2.05, 4.69) is 20.4 Å². The van der Waals surface area contributed by atoms with Crippen LogP contribution in [-0.4, -0.2) is 15.1 Å². The molecule has 0 amide bonds. The quantitative estimate of drug-likeness (QED) is 0.795. The molecule has 0 saturated carbocycles. The minimum atomic E-state index is 0.535. The summed E-state index contributed by atoms with van der Waals surface area (Å²) in [4.78, 5) is 9.98. The van der Waals surface area contributed by atoms with Crippen molar-refractivity contribution in [1.82, 2.24) is 15.1 Å². The monoisotopic (exact) mass is 300 g/mol. The van der Waals surface area contributed by atoms with E-state index in [0.29, 0.717) is 11.7 Å². The number of thiazole rings is 1. The number of anilines is 1. The van der Waals surface area contributed by atoms with Crippen LogP contribution in [0.3, 0.4) is 0 Å². The predicted octanol–water partition coefficient (Wildman–Crippen LogP) is 3.73. The van der Waals surface area contributed by atoms with Gasteiger partial charge in [-0.2, -0.15) is 4.98 Å². The van der Waals surface area contributed by atoms with Crippen molar-refractivity contribution in [3.63, 3.8) is 0 Å². The predicted molar refractivity (Wildman–Crippen MR) is 83.4 cm³/mol. The second-order valence-electron chi connectivity index (χ2n) is 4.79. The second kappa shape index (κ2) is 5.65. The highest BCUT2D eigenvalue weighted by atomic mass is 32.1. The SMILES string of the molecule is Cc1noc(-c2ccccc2NCc2sc(C)nc2C)n1. The van der Waals surface area contributed by atoms with Crippen molar-refractivity contribution in [2.24, 2.45) is 0 Å². The van der Waals surface area contributed by atoms with Crippen LogP contribution in [0.1, 0.15) is 21.4 Å². The molecule has 21 heavy (non-hydrogen) atoms. The first-order valence-corrected chi connectivity index (χ1v) is 7.51. The third-order valence-electron chi connectivity index (χ3n) is 3.12. The molecule has 5 nitrogen and oxygen atoms in total. The molecule has 3 aromatic rings. The third kappa shape index (κ3) is 2.95. The molecule has 0 saturated heterocycles. The molecule has 0 aliphatic carbocycles. The van der Waals surface area contributed by atoms with Gasteiger partial charge < -0.3 is 9.84 Å². The molecular weight excluding hydrogens is 284 g/mol. The van der Waals surface area contributed by atoms with E-state index in [1.54, 1.807) is 11.3 Å². The Labute approximate surface area is 127 Å². The van der Waals surface area contributed by atoms with Crippen molar-refractivity contribution in [1.29, 1.82) is 0 Å². The summed E-state index contributed by atoms with van der Waals surface area (Å²) in [5.41, 5.74) is 2.97. The van der Waals surface area contributed by atoms with Gasteiger partial charge in [-0.1, -0.05) is 17.3 Å². The Morgan fingerprint density at radius 2 is 1.95 bits per heavy atom. The highest BCUT2D eigenvalue weighted by molar-refractivity contribution is 7.11. The van der Waals surface area contributed by atoms with Gasteiger partial charge in [-0.05, 0) is 32.9 Å². The molecule has 2 heterocycles. The third-order valence-corrected chi connectivity index (χ3v) is 4.20. The van der Waals surface area contributed by atoms with E-state index in [1.807, 2.05) is 45.0 Å². The van der Waals surface area contributed by atoms with Gasteiger partial charge >= 0.3 is 0 Å². The number of rotatable bonds is 4. The topological polar surface area (TPSA) is 63.8 Å². The highest BCUT2D eigenvalue weighted by Gasteiger charge is 2.12. The zero-order valence-electron chi connectivity index (χ0n) is 12.2. The van der Waals surface area contributed by atoms with Crippen LogP contribution in [-0.2, 0) is 6.54 Å². The Morgan fingerprint density at radius 1 is 1.14 bits per heavy atom. The molecule has 0 aliphatic heterocycles. The highest BCUT2D eigenvalue weighted by Crippen LogP contribution is 2.27. The molecular formula is C15H16N4OS. The normalized spacial score (nSPS) is 10.8. The van der Waals surface area contributed by atoms with E-state index in [1.165, 1.54) is 4.88 Å². The summed E-state index contributed by atoms with van der Waals surface area (Å²) < 4.78 is 5.26. The molecule has 6 heteroatoms. The molecule has 1 N–H and O–H groups in total. The van der Waals surface area contributed by atoms with E-state index < -0.39 is 0 Å². The molecule has 0 unspecified atom stereocenters. The number of nitrogens with one attached hydrogen (secondary N) is 1. The molecule has 3 rings (SSSR count). The van der Waals surface area contributed by atoms with Crippen molar-refractivity contribution < 1.29 is 4.52 Å². The summed E-state index contributed by atoms with van der Waals surface area (Å²) in [6.45, 7) is 6.61. The summed E-state index contributed by atoms with van der Waals surface area (Å²) in [6.07, 6.45) is 0.